The number of hydrogen-bond donors (Lipinski definition) is 2. The van der Waals surface area contributed by atoms with Crippen LogP contribution in [0, 0.1) is 11.8 Å². The molecule has 0 bridgehead atoms. The normalized spacial score (nSPS) is 28.9. The van der Waals surface area contributed by atoms with E-state index in [1.165, 1.54) is 12.8 Å². The van der Waals surface area contributed by atoms with Gasteiger partial charge in [-0.3, -0.25) is 0 Å². The first-order chi connectivity index (χ1) is 6.67. The van der Waals surface area contributed by atoms with Crippen LogP contribution in [0.25, 0.3) is 0 Å². The number of hydrogen-bond acceptors (Lipinski definition) is 2. The van der Waals surface area contributed by atoms with Gasteiger partial charge in [0.15, 0.2) is 0 Å². The van der Waals surface area contributed by atoms with Gasteiger partial charge in [-0.1, -0.05) is 33.6 Å². The van der Waals surface area contributed by atoms with Crippen molar-refractivity contribution in [3.05, 3.63) is 0 Å². The topological polar surface area (TPSA) is 32.3 Å². The van der Waals surface area contributed by atoms with Crippen LogP contribution < -0.4 is 5.32 Å². The average molecular weight is 199 g/mol. The summed E-state index contributed by atoms with van der Waals surface area (Å²) in [5.74, 6) is 1.36. The Bertz CT molecular complexity index is 150. The Morgan fingerprint density at radius 2 is 1.86 bits per heavy atom. The van der Waals surface area contributed by atoms with Gasteiger partial charge in [0, 0.05) is 12.6 Å². The molecule has 0 heterocycles. The molecule has 84 valence electrons. The van der Waals surface area contributed by atoms with Crippen LogP contribution in [0.15, 0.2) is 0 Å². The molecule has 0 radical (unpaired) electrons. The van der Waals surface area contributed by atoms with Crippen LogP contribution in [0.5, 0.6) is 0 Å². The van der Waals surface area contributed by atoms with Crippen molar-refractivity contribution >= 4 is 0 Å². The second-order valence-electron chi connectivity index (χ2n) is 4.83. The first-order valence-electron chi connectivity index (χ1n) is 6.08. The lowest BCUT2D eigenvalue weighted by Gasteiger charge is -2.34. The molecule has 14 heavy (non-hydrogen) atoms. The second-order valence-corrected chi connectivity index (χ2v) is 4.83. The summed E-state index contributed by atoms with van der Waals surface area (Å²) < 4.78 is 0. The Labute approximate surface area is 88.1 Å². The first kappa shape index (κ1) is 12.0. The molecule has 2 heteroatoms. The zero-order chi connectivity index (χ0) is 10.6. The average Bonchev–Trinajstić information content (AvgIpc) is 2.12. The minimum Gasteiger partial charge on any atom is -0.392 e. The van der Waals surface area contributed by atoms with Gasteiger partial charge in [0.25, 0.3) is 0 Å². The summed E-state index contributed by atoms with van der Waals surface area (Å²) in [6.45, 7) is 7.38. The molecular formula is C12H25NO. The van der Waals surface area contributed by atoms with Crippen molar-refractivity contribution in [2.75, 3.05) is 6.54 Å². The van der Waals surface area contributed by atoms with E-state index in [9.17, 15) is 5.11 Å². The third-order valence-electron chi connectivity index (χ3n) is 3.58. The highest BCUT2D eigenvalue weighted by Gasteiger charge is 2.26. The maximum atomic E-state index is 9.88. The standard InChI is InChI=1S/C12H25NO/c1-4-10(5-2)12(14)8-13-11-6-9(3)7-11/h9-14H,4-8H2,1-3H3. The van der Waals surface area contributed by atoms with Crippen LogP contribution in [0.1, 0.15) is 46.5 Å². The lowest BCUT2D eigenvalue weighted by Crippen LogP contribution is -2.44. The van der Waals surface area contributed by atoms with E-state index in [1.54, 1.807) is 0 Å². The van der Waals surface area contributed by atoms with E-state index in [4.69, 9.17) is 0 Å². The Morgan fingerprint density at radius 1 is 1.29 bits per heavy atom. The summed E-state index contributed by atoms with van der Waals surface area (Å²) in [4.78, 5) is 0. The maximum Gasteiger partial charge on any atom is 0.0692 e. The summed E-state index contributed by atoms with van der Waals surface area (Å²) in [6.07, 6.45) is 4.59. The summed E-state index contributed by atoms with van der Waals surface area (Å²) in [5, 5.41) is 13.3. The Balaban J connectivity index is 2.10. The predicted octanol–water partition coefficient (Wildman–Crippen LogP) is 2.17. The summed E-state index contributed by atoms with van der Waals surface area (Å²) in [7, 11) is 0. The minimum absolute atomic E-state index is 0.152. The molecule has 1 saturated carbocycles. The van der Waals surface area contributed by atoms with E-state index >= 15 is 0 Å². The van der Waals surface area contributed by atoms with Crippen molar-refractivity contribution in [2.24, 2.45) is 11.8 Å². The first-order valence-corrected chi connectivity index (χ1v) is 6.08. The van der Waals surface area contributed by atoms with Gasteiger partial charge in [0.1, 0.15) is 0 Å². The van der Waals surface area contributed by atoms with E-state index in [2.05, 4.69) is 26.1 Å². The van der Waals surface area contributed by atoms with E-state index in [-0.39, 0.29) is 6.10 Å². The number of aliphatic hydroxyl groups is 1. The molecule has 0 aliphatic heterocycles. The molecule has 2 nitrogen and oxygen atoms in total. The third kappa shape index (κ3) is 3.25. The summed E-state index contributed by atoms with van der Waals surface area (Å²) in [6, 6.07) is 0.675. The van der Waals surface area contributed by atoms with Crippen molar-refractivity contribution < 1.29 is 5.11 Å². The van der Waals surface area contributed by atoms with Gasteiger partial charge in [-0.25, -0.2) is 0 Å². The molecule has 0 saturated heterocycles. The van der Waals surface area contributed by atoms with Crippen molar-refractivity contribution in [1.29, 1.82) is 0 Å². The zero-order valence-corrected chi connectivity index (χ0v) is 9.79. The second kappa shape index (κ2) is 5.72. The monoisotopic (exact) mass is 199 g/mol. The van der Waals surface area contributed by atoms with E-state index in [0.717, 1.165) is 25.3 Å². The van der Waals surface area contributed by atoms with Gasteiger partial charge in [-0.05, 0) is 24.7 Å². The van der Waals surface area contributed by atoms with Gasteiger partial charge in [-0.2, -0.15) is 0 Å². The molecule has 0 aromatic carbocycles. The highest BCUT2D eigenvalue weighted by Crippen LogP contribution is 2.26. The van der Waals surface area contributed by atoms with Crippen molar-refractivity contribution in [1.82, 2.24) is 5.32 Å². The molecule has 1 atom stereocenters. The fourth-order valence-corrected chi connectivity index (χ4v) is 2.36. The number of aliphatic hydroxyl groups excluding tert-OH is 1. The van der Waals surface area contributed by atoms with E-state index in [0.29, 0.717) is 12.0 Å². The quantitative estimate of drug-likeness (QED) is 0.687. The number of rotatable bonds is 6. The molecule has 1 aliphatic carbocycles. The van der Waals surface area contributed by atoms with Gasteiger partial charge in [-0.15, -0.1) is 0 Å². The molecule has 1 rings (SSSR count). The van der Waals surface area contributed by atoms with Gasteiger partial charge in [0.2, 0.25) is 0 Å². The third-order valence-corrected chi connectivity index (χ3v) is 3.58. The summed E-state index contributed by atoms with van der Waals surface area (Å²) in [5.41, 5.74) is 0. The van der Waals surface area contributed by atoms with E-state index < -0.39 is 0 Å². The fraction of sp³-hybridized carbons (Fsp3) is 1.00. The van der Waals surface area contributed by atoms with Crippen molar-refractivity contribution in [3.63, 3.8) is 0 Å². The molecule has 0 aromatic rings. The van der Waals surface area contributed by atoms with E-state index in [1.807, 2.05) is 0 Å². The maximum absolute atomic E-state index is 9.88. The molecule has 0 aromatic heterocycles. The summed E-state index contributed by atoms with van der Waals surface area (Å²) >= 11 is 0. The largest absolute Gasteiger partial charge is 0.392 e. The molecule has 1 aliphatic rings. The Kier molecular flexibility index (Phi) is 4.90. The number of nitrogens with one attached hydrogen (secondary N) is 1. The molecule has 2 N–H and O–H groups in total. The zero-order valence-electron chi connectivity index (χ0n) is 9.79. The highest BCUT2D eigenvalue weighted by atomic mass is 16.3. The molecule has 0 amide bonds. The molecular weight excluding hydrogens is 174 g/mol. The van der Waals surface area contributed by atoms with Crippen LogP contribution in [-0.4, -0.2) is 23.8 Å². The van der Waals surface area contributed by atoms with Crippen LogP contribution in [0.2, 0.25) is 0 Å². The van der Waals surface area contributed by atoms with Crippen LogP contribution in [0.3, 0.4) is 0 Å². The lowest BCUT2D eigenvalue weighted by atomic mass is 9.81. The van der Waals surface area contributed by atoms with Gasteiger partial charge in [0.05, 0.1) is 6.10 Å². The molecule has 1 fully saturated rings. The molecule has 1 unspecified atom stereocenters. The highest BCUT2D eigenvalue weighted by molar-refractivity contribution is 4.83. The molecule has 0 spiro atoms. The Hall–Kier alpha value is -0.0800. The van der Waals surface area contributed by atoms with Crippen LogP contribution in [0.4, 0.5) is 0 Å². The predicted molar refractivity (Wildman–Crippen MR) is 60.3 cm³/mol. The van der Waals surface area contributed by atoms with Crippen molar-refractivity contribution in [2.45, 2.75) is 58.6 Å². The Morgan fingerprint density at radius 3 is 2.29 bits per heavy atom. The van der Waals surface area contributed by atoms with Gasteiger partial charge < -0.3 is 10.4 Å². The minimum atomic E-state index is -0.152. The lowest BCUT2D eigenvalue weighted by molar-refractivity contribution is 0.0898. The fourth-order valence-electron chi connectivity index (χ4n) is 2.36. The smallest absolute Gasteiger partial charge is 0.0692 e. The van der Waals surface area contributed by atoms with Crippen molar-refractivity contribution in [3.8, 4) is 0 Å². The van der Waals surface area contributed by atoms with Gasteiger partial charge >= 0.3 is 0 Å². The SMILES string of the molecule is CCC(CC)C(O)CNC1CC(C)C1. The van der Waals surface area contributed by atoms with Crippen LogP contribution >= 0.6 is 0 Å². The van der Waals surface area contributed by atoms with Crippen LogP contribution in [-0.2, 0) is 0 Å².